The highest BCUT2D eigenvalue weighted by Crippen LogP contribution is 2.25. The fraction of sp³-hybridized carbons (Fsp3) is 0.118. The molecule has 0 unspecified atom stereocenters. The third kappa shape index (κ3) is 2.91. The van der Waals surface area contributed by atoms with Gasteiger partial charge in [0.05, 0.1) is 5.56 Å². The molecule has 0 aliphatic carbocycles. The summed E-state index contributed by atoms with van der Waals surface area (Å²) in [5, 5.41) is 9.80. The topological polar surface area (TPSA) is 37.3 Å². The lowest BCUT2D eigenvalue weighted by Crippen LogP contribution is -2.03. The van der Waals surface area contributed by atoms with Gasteiger partial charge in [0.1, 0.15) is 5.75 Å². The molecule has 2 nitrogen and oxygen atoms in total. The molecular formula is C17H16O2. The number of phenols is 1. The molecule has 2 rings (SSSR count). The number of carbonyl (C=O) groups excluding carboxylic acids is 1. The van der Waals surface area contributed by atoms with E-state index in [-0.39, 0.29) is 11.5 Å². The van der Waals surface area contributed by atoms with Gasteiger partial charge < -0.3 is 5.11 Å². The summed E-state index contributed by atoms with van der Waals surface area (Å²) >= 11 is 0. The van der Waals surface area contributed by atoms with Gasteiger partial charge in [0.15, 0.2) is 5.78 Å². The van der Waals surface area contributed by atoms with Crippen molar-refractivity contribution >= 4 is 11.4 Å². The van der Waals surface area contributed by atoms with Crippen molar-refractivity contribution in [1.82, 2.24) is 0 Å². The first-order chi connectivity index (χ1) is 9.24. The highest BCUT2D eigenvalue weighted by Gasteiger charge is 2.16. The van der Waals surface area contributed by atoms with E-state index in [0.717, 1.165) is 12.0 Å². The molecule has 0 aliphatic heterocycles. The van der Waals surface area contributed by atoms with Crippen LogP contribution >= 0.6 is 0 Å². The molecule has 0 aromatic heterocycles. The summed E-state index contributed by atoms with van der Waals surface area (Å²) in [7, 11) is 0. The second-order valence-corrected chi connectivity index (χ2v) is 4.24. The van der Waals surface area contributed by atoms with Crippen LogP contribution in [-0.4, -0.2) is 10.9 Å². The van der Waals surface area contributed by atoms with Gasteiger partial charge in [-0.3, -0.25) is 4.79 Å². The van der Waals surface area contributed by atoms with Crippen LogP contribution in [0.5, 0.6) is 5.75 Å². The number of phenolic OH excluding ortho intramolecular Hbond substituents is 1. The van der Waals surface area contributed by atoms with E-state index in [1.807, 2.05) is 43.3 Å². The van der Waals surface area contributed by atoms with Crippen LogP contribution in [0.4, 0.5) is 0 Å². The van der Waals surface area contributed by atoms with Crippen LogP contribution in [-0.2, 0) is 0 Å². The zero-order valence-electron chi connectivity index (χ0n) is 10.8. The second kappa shape index (κ2) is 6.01. The van der Waals surface area contributed by atoms with Crippen LogP contribution in [0.25, 0.3) is 5.57 Å². The van der Waals surface area contributed by atoms with Gasteiger partial charge >= 0.3 is 0 Å². The van der Waals surface area contributed by atoms with Crippen molar-refractivity contribution in [2.75, 3.05) is 0 Å². The number of para-hydroxylation sites is 1. The number of carbonyl (C=O) groups is 1. The Labute approximate surface area is 113 Å². The van der Waals surface area contributed by atoms with Gasteiger partial charge in [-0.05, 0) is 24.1 Å². The Hall–Kier alpha value is -2.35. The van der Waals surface area contributed by atoms with Crippen molar-refractivity contribution in [2.24, 2.45) is 0 Å². The molecule has 2 aromatic rings. The van der Waals surface area contributed by atoms with Gasteiger partial charge in [0.2, 0.25) is 0 Å². The van der Waals surface area contributed by atoms with Crippen LogP contribution in [0.3, 0.4) is 0 Å². The van der Waals surface area contributed by atoms with E-state index in [1.54, 1.807) is 18.2 Å². The summed E-state index contributed by atoms with van der Waals surface area (Å²) in [4.78, 5) is 12.5. The Bertz CT molecular complexity index is 598. The first-order valence-corrected chi connectivity index (χ1v) is 6.32. The van der Waals surface area contributed by atoms with Crippen molar-refractivity contribution < 1.29 is 9.90 Å². The number of rotatable bonds is 4. The molecular weight excluding hydrogens is 236 g/mol. The average molecular weight is 252 g/mol. The quantitative estimate of drug-likeness (QED) is 0.658. The molecule has 0 fully saturated rings. The van der Waals surface area contributed by atoms with E-state index in [1.165, 1.54) is 6.07 Å². The summed E-state index contributed by atoms with van der Waals surface area (Å²) < 4.78 is 0. The second-order valence-electron chi connectivity index (χ2n) is 4.24. The monoisotopic (exact) mass is 252 g/mol. The highest BCUT2D eigenvalue weighted by atomic mass is 16.3. The molecule has 19 heavy (non-hydrogen) atoms. The smallest absolute Gasteiger partial charge is 0.197 e. The Morgan fingerprint density at radius 2 is 1.68 bits per heavy atom. The minimum Gasteiger partial charge on any atom is -0.507 e. The average Bonchev–Trinajstić information content (AvgIpc) is 2.45. The van der Waals surface area contributed by atoms with Gasteiger partial charge in [-0.1, -0.05) is 55.5 Å². The van der Waals surface area contributed by atoms with E-state index in [9.17, 15) is 9.90 Å². The normalized spacial score (nSPS) is 11.3. The van der Waals surface area contributed by atoms with Crippen LogP contribution in [0.15, 0.2) is 60.7 Å². The lowest BCUT2D eigenvalue weighted by Gasteiger charge is -2.08. The molecule has 2 aromatic carbocycles. The third-order valence-electron chi connectivity index (χ3n) is 2.89. The Kier molecular flexibility index (Phi) is 4.14. The number of allylic oxidation sites excluding steroid dienone is 2. The SMILES string of the molecule is CC/C=C(/C(=O)c1ccccc1O)c1ccccc1. The van der Waals surface area contributed by atoms with Gasteiger partial charge in [0, 0.05) is 5.57 Å². The molecule has 0 radical (unpaired) electrons. The fourth-order valence-electron chi connectivity index (χ4n) is 1.97. The number of ketones is 1. The fourth-order valence-corrected chi connectivity index (χ4v) is 1.97. The van der Waals surface area contributed by atoms with Crippen molar-refractivity contribution in [3.05, 3.63) is 71.8 Å². The van der Waals surface area contributed by atoms with E-state index < -0.39 is 0 Å². The Morgan fingerprint density at radius 1 is 1.05 bits per heavy atom. The van der Waals surface area contributed by atoms with Crippen molar-refractivity contribution in [2.45, 2.75) is 13.3 Å². The number of hydrogen-bond donors (Lipinski definition) is 1. The molecule has 96 valence electrons. The van der Waals surface area contributed by atoms with Gasteiger partial charge in [-0.25, -0.2) is 0 Å². The number of hydrogen-bond acceptors (Lipinski definition) is 2. The zero-order valence-corrected chi connectivity index (χ0v) is 10.8. The lowest BCUT2D eigenvalue weighted by molar-refractivity contribution is 0.105. The van der Waals surface area contributed by atoms with Gasteiger partial charge in [0.25, 0.3) is 0 Å². The van der Waals surface area contributed by atoms with Crippen molar-refractivity contribution in [3.8, 4) is 5.75 Å². The predicted octanol–water partition coefficient (Wildman–Crippen LogP) is 4.07. The first kappa shape index (κ1) is 13.1. The molecule has 0 saturated heterocycles. The van der Waals surface area contributed by atoms with E-state index in [0.29, 0.717) is 11.1 Å². The first-order valence-electron chi connectivity index (χ1n) is 6.32. The summed E-state index contributed by atoms with van der Waals surface area (Å²) in [6, 6.07) is 16.1. The molecule has 0 spiro atoms. The van der Waals surface area contributed by atoms with Crippen molar-refractivity contribution in [3.63, 3.8) is 0 Å². The maximum atomic E-state index is 12.5. The molecule has 1 N–H and O–H groups in total. The van der Waals surface area contributed by atoms with Crippen LogP contribution < -0.4 is 0 Å². The molecule has 0 bridgehead atoms. The van der Waals surface area contributed by atoms with Gasteiger partial charge in [-0.15, -0.1) is 0 Å². The summed E-state index contributed by atoms with van der Waals surface area (Å²) in [6.07, 6.45) is 2.66. The number of Topliss-reactive ketones (excluding diaryl/α,β-unsaturated/α-hetero) is 1. The van der Waals surface area contributed by atoms with E-state index in [4.69, 9.17) is 0 Å². The number of benzene rings is 2. The van der Waals surface area contributed by atoms with Crippen molar-refractivity contribution in [1.29, 1.82) is 0 Å². The number of aromatic hydroxyl groups is 1. The minimum absolute atomic E-state index is 0.0189. The zero-order chi connectivity index (χ0) is 13.7. The third-order valence-corrected chi connectivity index (χ3v) is 2.89. The van der Waals surface area contributed by atoms with Crippen LogP contribution in [0, 0.1) is 0 Å². The van der Waals surface area contributed by atoms with E-state index in [2.05, 4.69) is 0 Å². The molecule has 0 saturated carbocycles. The molecule has 0 heterocycles. The van der Waals surface area contributed by atoms with Crippen LogP contribution in [0.2, 0.25) is 0 Å². The highest BCUT2D eigenvalue weighted by molar-refractivity contribution is 6.29. The lowest BCUT2D eigenvalue weighted by atomic mass is 9.95. The van der Waals surface area contributed by atoms with Crippen LogP contribution in [0.1, 0.15) is 29.3 Å². The largest absolute Gasteiger partial charge is 0.507 e. The maximum absolute atomic E-state index is 12.5. The maximum Gasteiger partial charge on any atom is 0.197 e. The minimum atomic E-state index is -0.147. The van der Waals surface area contributed by atoms with E-state index >= 15 is 0 Å². The molecule has 0 amide bonds. The summed E-state index contributed by atoms with van der Waals surface area (Å²) in [6.45, 7) is 1.99. The Balaban J connectivity index is 2.45. The predicted molar refractivity (Wildman–Crippen MR) is 77.1 cm³/mol. The molecule has 2 heteroatoms. The summed E-state index contributed by atoms with van der Waals surface area (Å²) in [5.41, 5.74) is 1.84. The molecule has 0 aliphatic rings. The Morgan fingerprint density at radius 3 is 2.32 bits per heavy atom. The standard InChI is InChI=1S/C17H16O2/c1-2-8-14(13-9-4-3-5-10-13)17(19)15-11-6-7-12-16(15)18/h3-12,18H,2H2,1H3/b14-8+. The van der Waals surface area contributed by atoms with Gasteiger partial charge in [-0.2, -0.15) is 0 Å². The summed E-state index contributed by atoms with van der Waals surface area (Å²) in [5.74, 6) is -0.128. The molecule has 0 atom stereocenters.